The van der Waals surface area contributed by atoms with Crippen molar-refractivity contribution in [2.75, 3.05) is 12.5 Å². The van der Waals surface area contributed by atoms with Gasteiger partial charge in [-0.3, -0.25) is 5.43 Å². The molecule has 0 aromatic heterocycles. The third-order valence-corrected chi connectivity index (χ3v) is 3.30. The lowest BCUT2D eigenvalue weighted by Crippen LogP contribution is -1.97. The van der Waals surface area contributed by atoms with E-state index in [1.807, 2.05) is 0 Å². The largest absolute Gasteiger partial charge is 0.494 e. The molecule has 0 aliphatic carbocycles. The molecule has 0 aliphatic rings. The Morgan fingerprint density at radius 2 is 1.95 bits per heavy atom. The summed E-state index contributed by atoms with van der Waals surface area (Å²) in [5, 5.41) is 13.7. The zero-order valence-corrected chi connectivity index (χ0v) is 13.0. The number of anilines is 1. The van der Waals surface area contributed by atoms with E-state index in [-0.39, 0.29) is 5.56 Å². The molecule has 2 N–H and O–H groups in total. The molecule has 114 valence electrons. The van der Waals surface area contributed by atoms with Crippen LogP contribution in [0.15, 0.2) is 41.5 Å². The lowest BCUT2D eigenvalue weighted by Gasteiger charge is -2.06. The standard InChI is InChI=1S/C15H12Cl2N2O3/c1-22-14-12(16)5-9(6-13(14)17)8-18-19-11-4-2-3-10(7-11)15(20)21/h2-8,19H,1H3,(H,20,21). The van der Waals surface area contributed by atoms with Gasteiger partial charge in [0, 0.05) is 0 Å². The van der Waals surface area contributed by atoms with Crippen molar-refractivity contribution in [1.29, 1.82) is 0 Å². The number of aromatic carboxylic acids is 1. The minimum atomic E-state index is -0.999. The summed E-state index contributed by atoms with van der Waals surface area (Å²) in [6, 6.07) is 9.63. The molecule has 2 aromatic carbocycles. The second-order valence-electron chi connectivity index (χ2n) is 4.27. The predicted octanol–water partition coefficient (Wildman–Crippen LogP) is 4.15. The highest BCUT2D eigenvalue weighted by Crippen LogP contribution is 2.33. The Hall–Kier alpha value is -2.24. The minimum absolute atomic E-state index is 0.177. The first kappa shape index (κ1) is 16.1. The monoisotopic (exact) mass is 338 g/mol. The molecule has 0 unspecified atom stereocenters. The van der Waals surface area contributed by atoms with Gasteiger partial charge >= 0.3 is 5.97 Å². The molecule has 0 saturated carbocycles. The zero-order chi connectivity index (χ0) is 16.1. The highest BCUT2D eigenvalue weighted by Gasteiger charge is 2.07. The van der Waals surface area contributed by atoms with Crippen LogP contribution in [0.25, 0.3) is 0 Å². The van der Waals surface area contributed by atoms with Gasteiger partial charge in [0.2, 0.25) is 0 Å². The van der Waals surface area contributed by atoms with E-state index >= 15 is 0 Å². The number of rotatable bonds is 5. The first-order valence-corrected chi connectivity index (χ1v) is 6.92. The van der Waals surface area contributed by atoms with Crippen LogP contribution in [0.3, 0.4) is 0 Å². The van der Waals surface area contributed by atoms with E-state index in [9.17, 15) is 4.79 Å². The molecule has 2 aromatic rings. The highest BCUT2D eigenvalue weighted by atomic mass is 35.5. The molecular formula is C15H12Cl2N2O3. The van der Waals surface area contributed by atoms with Crippen LogP contribution in [0.4, 0.5) is 5.69 Å². The summed E-state index contributed by atoms with van der Waals surface area (Å²) in [4.78, 5) is 10.9. The fourth-order valence-corrected chi connectivity index (χ4v) is 2.41. The van der Waals surface area contributed by atoms with Crippen LogP contribution >= 0.6 is 23.2 Å². The molecule has 2 rings (SSSR count). The van der Waals surface area contributed by atoms with Gasteiger partial charge in [0.05, 0.1) is 34.6 Å². The molecule has 0 radical (unpaired) electrons. The van der Waals surface area contributed by atoms with Crippen LogP contribution in [-0.4, -0.2) is 24.4 Å². The molecule has 0 atom stereocenters. The lowest BCUT2D eigenvalue weighted by molar-refractivity contribution is 0.0697. The van der Waals surface area contributed by atoms with Crippen LogP contribution in [0, 0.1) is 0 Å². The van der Waals surface area contributed by atoms with Crippen molar-refractivity contribution in [1.82, 2.24) is 0 Å². The Balaban J connectivity index is 2.13. The Bertz CT molecular complexity index is 709. The van der Waals surface area contributed by atoms with E-state index < -0.39 is 5.97 Å². The van der Waals surface area contributed by atoms with Crippen molar-refractivity contribution in [2.45, 2.75) is 0 Å². The van der Waals surface area contributed by atoms with Gasteiger partial charge in [-0.2, -0.15) is 5.10 Å². The molecule has 0 aliphatic heterocycles. The number of hydrogen-bond acceptors (Lipinski definition) is 4. The van der Waals surface area contributed by atoms with Gasteiger partial charge < -0.3 is 9.84 Å². The summed E-state index contributed by atoms with van der Waals surface area (Å²) in [7, 11) is 1.48. The average molecular weight is 339 g/mol. The number of halogens is 2. The summed E-state index contributed by atoms with van der Waals surface area (Å²) in [6.45, 7) is 0. The number of nitrogens with one attached hydrogen (secondary N) is 1. The molecule has 22 heavy (non-hydrogen) atoms. The molecule has 0 heterocycles. The van der Waals surface area contributed by atoms with Gasteiger partial charge in [-0.15, -0.1) is 0 Å². The summed E-state index contributed by atoms with van der Waals surface area (Å²) >= 11 is 12.1. The molecular weight excluding hydrogens is 327 g/mol. The lowest BCUT2D eigenvalue weighted by atomic mass is 10.2. The summed E-state index contributed by atoms with van der Waals surface area (Å²) in [5.41, 5.74) is 4.16. The van der Waals surface area contributed by atoms with Gasteiger partial charge in [-0.1, -0.05) is 29.3 Å². The van der Waals surface area contributed by atoms with Crippen molar-refractivity contribution in [3.8, 4) is 5.75 Å². The van der Waals surface area contributed by atoms with Gasteiger partial charge in [0.15, 0.2) is 5.75 Å². The molecule has 0 saturated heterocycles. The zero-order valence-electron chi connectivity index (χ0n) is 11.5. The molecule has 0 spiro atoms. The van der Waals surface area contributed by atoms with E-state index in [1.54, 1.807) is 24.3 Å². The fourth-order valence-electron chi connectivity index (χ4n) is 1.75. The number of carbonyl (C=O) groups is 1. The predicted molar refractivity (Wildman–Crippen MR) is 87.6 cm³/mol. The summed E-state index contributed by atoms with van der Waals surface area (Å²) in [6.07, 6.45) is 1.52. The number of carboxylic acids is 1. The Morgan fingerprint density at radius 3 is 2.55 bits per heavy atom. The molecule has 0 bridgehead atoms. The summed E-state index contributed by atoms with van der Waals surface area (Å²) < 4.78 is 5.06. The SMILES string of the molecule is COc1c(Cl)cc(C=NNc2cccc(C(=O)O)c2)cc1Cl. The van der Waals surface area contributed by atoms with Crippen molar-refractivity contribution < 1.29 is 14.6 Å². The van der Waals surface area contributed by atoms with E-state index in [1.165, 1.54) is 25.5 Å². The normalized spacial score (nSPS) is 10.7. The average Bonchev–Trinajstić information content (AvgIpc) is 2.47. The first-order valence-electron chi connectivity index (χ1n) is 6.16. The van der Waals surface area contributed by atoms with Crippen molar-refractivity contribution in [3.05, 3.63) is 57.6 Å². The van der Waals surface area contributed by atoms with Gasteiger partial charge in [0.25, 0.3) is 0 Å². The molecule has 5 nitrogen and oxygen atoms in total. The van der Waals surface area contributed by atoms with Gasteiger partial charge in [-0.25, -0.2) is 4.79 Å². The van der Waals surface area contributed by atoms with E-state index in [4.69, 9.17) is 33.0 Å². The van der Waals surface area contributed by atoms with E-state index in [2.05, 4.69) is 10.5 Å². The number of methoxy groups -OCH3 is 1. The van der Waals surface area contributed by atoms with Crippen LogP contribution in [0.2, 0.25) is 10.0 Å². The Kier molecular flexibility index (Phi) is 5.25. The Morgan fingerprint density at radius 1 is 1.27 bits per heavy atom. The van der Waals surface area contributed by atoms with Crippen LogP contribution < -0.4 is 10.2 Å². The Labute approximate surface area is 137 Å². The van der Waals surface area contributed by atoms with E-state index in [0.717, 1.165) is 0 Å². The first-order chi connectivity index (χ1) is 10.5. The maximum absolute atomic E-state index is 10.9. The van der Waals surface area contributed by atoms with Gasteiger partial charge in [-0.05, 0) is 35.9 Å². The molecule has 0 fully saturated rings. The second kappa shape index (κ2) is 7.15. The van der Waals surface area contributed by atoms with Crippen molar-refractivity contribution >= 4 is 41.1 Å². The highest BCUT2D eigenvalue weighted by molar-refractivity contribution is 6.37. The molecule has 7 heteroatoms. The minimum Gasteiger partial charge on any atom is -0.494 e. The maximum Gasteiger partial charge on any atom is 0.335 e. The third kappa shape index (κ3) is 3.90. The smallest absolute Gasteiger partial charge is 0.335 e. The van der Waals surface area contributed by atoms with Gasteiger partial charge in [0.1, 0.15) is 0 Å². The van der Waals surface area contributed by atoms with Crippen molar-refractivity contribution in [2.24, 2.45) is 5.10 Å². The third-order valence-electron chi connectivity index (χ3n) is 2.74. The summed E-state index contributed by atoms with van der Waals surface area (Å²) in [5.74, 6) is -0.594. The maximum atomic E-state index is 10.9. The fraction of sp³-hybridized carbons (Fsp3) is 0.0667. The van der Waals surface area contributed by atoms with Crippen LogP contribution in [0.1, 0.15) is 15.9 Å². The number of carboxylic acid groups (broad SMARTS) is 1. The topological polar surface area (TPSA) is 70.9 Å². The van der Waals surface area contributed by atoms with Crippen LogP contribution in [-0.2, 0) is 0 Å². The molecule has 0 amide bonds. The number of ether oxygens (including phenoxy) is 1. The quantitative estimate of drug-likeness (QED) is 0.634. The number of hydrazone groups is 1. The number of hydrogen-bond donors (Lipinski definition) is 2. The number of benzene rings is 2. The second-order valence-corrected chi connectivity index (χ2v) is 5.09. The van der Waals surface area contributed by atoms with Crippen LogP contribution in [0.5, 0.6) is 5.75 Å². The number of nitrogens with zero attached hydrogens (tertiary/aromatic N) is 1. The van der Waals surface area contributed by atoms with Crippen molar-refractivity contribution in [3.63, 3.8) is 0 Å². The van der Waals surface area contributed by atoms with E-state index in [0.29, 0.717) is 27.0 Å².